The summed E-state index contributed by atoms with van der Waals surface area (Å²) >= 11 is 6.98. The van der Waals surface area contributed by atoms with Crippen molar-refractivity contribution in [2.45, 2.75) is 24.8 Å². The number of pyridine rings is 1. The first-order valence-electron chi connectivity index (χ1n) is 5.49. The van der Waals surface area contributed by atoms with Crippen molar-refractivity contribution in [1.29, 1.82) is 0 Å². The van der Waals surface area contributed by atoms with Gasteiger partial charge in [-0.15, -0.1) is 18.2 Å². The number of aromatic nitrogens is 1. The topological polar surface area (TPSA) is 51.2 Å². The first-order valence-corrected chi connectivity index (χ1v) is 7.15. The van der Waals surface area contributed by atoms with Crippen LogP contribution in [0.15, 0.2) is 18.3 Å². The number of amides is 1. The number of hydrogen-bond donors (Lipinski definition) is 1. The van der Waals surface area contributed by atoms with E-state index >= 15 is 0 Å². The van der Waals surface area contributed by atoms with E-state index < -0.39 is 11.0 Å². The van der Waals surface area contributed by atoms with Gasteiger partial charge in [-0.1, -0.05) is 17.5 Å². The molecule has 1 aromatic rings. The minimum Gasteiger partial charge on any atom is -0.453 e. The van der Waals surface area contributed by atoms with Crippen LogP contribution in [0, 0.1) is 12.3 Å². The average molecular weight is 299 g/mol. The average Bonchev–Trinajstić information content (AvgIpc) is 2.37. The number of ether oxygens (including phenoxy) is 1. The molecular weight excluding hydrogens is 284 g/mol. The van der Waals surface area contributed by atoms with Crippen molar-refractivity contribution in [2.24, 2.45) is 0 Å². The highest BCUT2D eigenvalue weighted by atomic mass is 35.5. The third-order valence-electron chi connectivity index (χ3n) is 2.15. The van der Waals surface area contributed by atoms with Gasteiger partial charge in [0.15, 0.2) is 0 Å². The Balaban J connectivity index is 2.71. The fourth-order valence-corrected chi connectivity index (χ4v) is 1.73. The van der Waals surface area contributed by atoms with E-state index in [-0.39, 0.29) is 5.91 Å². The lowest BCUT2D eigenvalue weighted by Crippen LogP contribution is -2.47. The van der Waals surface area contributed by atoms with Gasteiger partial charge in [0.2, 0.25) is 11.3 Å². The molecule has 0 aliphatic heterocycles. The first-order chi connectivity index (χ1) is 8.88. The van der Waals surface area contributed by atoms with Gasteiger partial charge in [0.1, 0.15) is 0 Å². The van der Waals surface area contributed by atoms with E-state index in [1.54, 1.807) is 32.2 Å². The summed E-state index contributed by atoms with van der Waals surface area (Å²) in [7, 11) is 0. The lowest BCUT2D eigenvalue weighted by atomic mass is 10.1. The number of nitrogens with zero attached hydrogens (tertiary/aromatic N) is 1. The van der Waals surface area contributed by atoms with E-state index in [4.69, 9.17) is 22.8 Å². The molecule has 6 heteroatoms. The number of carbonyl (C=O) groups is 1. The Morgan fingerprint density at radius 1 is 1.63 bits per heavy atom. The molecule has 1 N–H and O–H groups in total. The Morgan fingerprint density at radius 2 is 2.32 bits per heavy atom. The monoisotopic (exact) mass is 298 g/mol. The number of nitrogens with one attached hydrogen (secondary N) is 1. The van der Waals surface area contributed by atoms with Crippen molar-refractivity contribution in [3.05, 3.63) is 23.4 Å². The second-order valence-corrected chi connectivity index (χ2v) is 5.59. The molecule has 1 amide bonds. The van der Waals surface area contributed by atoms with Crippen LogP contribution >= 0.6 is 23.4 Å². The van der Waals surface area contributed by atoms with Crippen LogP contribution in [0.1, 0.15) is 13.8 Å². The first kappa shape index (κ1) is 15.7. The van der Waals surface area contributed by atoms with Gasteiger partial charge in [-0.25, -0.2) is 4.98 Å². The molecule has 1 heterocycles. The molecule has 1 aromatic heterocycles. The Labute approximate surface area is 122 Å². The van der Waals surface area contributed by atoms with Gasteiger partial charge < -0.3 is 10.1 Å². The van der Waals surface area contributed by atoms with E-state index in [0.717, 1.165) is 0 Å². The molecule has 0 saturated heterocycles. The fraction of sp³-hybridized carbons (Fsp3) is 0.385. The number of hydrogen-bond acceptors (Lipinski definition) is 4. The summed E-state index contributed by atoms with van der Waals surface area (Å²) in [5.41, 5.74) is -1.44. The van der Waals surface area contributed by atoms with Crippen LogP contribution in [0.4, 0.5) is 0 Å². The molecule has 0 fully saturated rings. The van der Waals surface area contributed by atoms with Crippen molar-refractivity contribution < 1.29 is 9.53 Å². The summed E-state index contributed by atoms with van der Waals surface area (Å²) in [5, 5.41) is 3.22. The molecule has 19 heavy (non-hydrogen) atoms. The summed E-state index contributed by atoms with van der Waals surface area (Å²) in [6.07, 6.45) is 8.55. The fourth-order valence-electron chi connectivity index (χ4n) is 1.15. The number of rotatable bonds is 5. The summed E-state index contributed by atoms with van der Waals surface area (Å²) < 4.78 is 5.48. The standard InChI is InChI=1S/C13H15ClN2O2S/c1-5-13(2,3)16-11(17)12(19-4)18-10-7-6-9(14)8-15-10/h1,6-8,12H,2-4H3,(H,16,17). The molecular formula is C13H15ClN2O2S. The predicted octanol–water partition coefficient (Wildman–Crippen LogP) is 2.33. The highest BCUT2D eigenvalue weighted by Crippen LogP contribution is 2.17. The maximum Gasteiger partial charge on any atom is 0.272 e. The van der Waals surface area contributed by atoms with E-state index in [2.05, 4.69) is 16.2 Å². The molecule has 0 bridgehead atoms. The third-order valence-corrected chi connectivity index (χ3v) is 3.11. The van der Waals surface area contributed by atoms with Crippen LogP contribution in [-0.4, -0.2) is 28.1 Å². The SMILES string of the molecule is C#CC(C)(C)NC(=O)C(Oc1ccc(Cl)cn1)SC. The molecule has 0 aliphatic carbocycles. The zero-order valence-corrected chi connectivity index (χ0v) is 12.5. The smallest absolute Gasteiger partial charge is 0.272 e. The Bertz CT molecular complexity index is 482. The summed E-state index contributed by atoms with van der Waals surface area (Å²) in [4.78, 5) is 16.0. The third kappa shape index (κ3) is 5.01. The Morgan fingerprint density at radius 3 is 2.79 bits per heavy atom. The van der Waals surface area contributed by atoms with Gasteiger partial charge in [0, 0.05) is 12.3 Å². The van der Waals surface area contributed by atoms with Gasteiger partial charge in [0.25, 0.3) is 5.91 Å². The minimum absolute atomic E-state index is 0.299. The van der Waals surface area contributed by atoms with E-state index in [0.29, 0.717) is 10.9 Å². The van der Waals surface area contributed by atoms with E-state index in [9.17, 15) is 4.79 Å². The number of thioether (sulfide) groups is 1. The van der Waals surface area contributed by atoms with Gasteiger partial charge in [0.05, 0.1) is 10.6 Å². The number of terminal acetylenes is 1. The summed E-state index contributed by atoms with van der Waals surface area (Å²) in [5.74, 6) is 2.52. The molecule has 0 saturated carbocycles. The molecule has 102 valence electrons. The van der Waals surface area contributed by atoms with Crippen LogP contribution in [0.2, 0.25) is 5.02 Å². The Hall–Kier alpha value is -1.38. The van der Waals surface area contributed by atoms with Crippen molar-refractivity contribution in [3.63, 3.8) is 0 Å². The lowest BCUT2D eigenvalue weighted by Gasteiger charge is -2.23. The maximum absolute atomic E-state index is 12.0. The summed E-state index contributed by atoms with van der Waals surface area (Å²) in [6, 6.07) is 3.25. The van der Waals surface area contributed by atoms with Crippen LogP contribution in [0.25, 0.3) is 0 Å². The highest BCUT2D eigenvalue weighted by Gasteiger charge is 2.25. The molecule has 1 unspecified atom stereocenters. The van der Waals surface area contributed by atoms with Gasteiger partial charge >= 0.3 is 0 Å². The maximum atomic E-state index is 12.0. The van der Waals surface area contributed by atoms with Crippen molar-refractivity contribution in [1.82, 2.24) is 10.3 Å². The van der Waals surface area contributed by atoms with Crippen LogP contribution in [-0.2, 0) is 4.79 Å². The van der Waals surface area contributed by atoms with Crippen LogP contribution in [0.5, 0.6) is 5.88 Å². The number of halogens is 1. The van der Waals surface area contributed by atoms with Crippen molar-refractivity contribution in [3.8, 4) is 18.2 Å². The zero-order chi connectivity index (χ0) is 14.5. The molecule has 0 spiro atoms. The van der Waals surface area contributed by atoms with Crippen LogP contribution in [0.3, 0.4) is 0 Å². The highest BCUT2D eigenvalue weighted by molar-refractivity contribution is 7.99. The Kier molecular flexibility index (Phi) is 5.52. The van der Waals surface area contributed by atoms with Gasteiger partial charge in [-0.2, -0.15) is 0 Å². The van der Waals surface area contributed by atoms with Gasteiger partial charge in [-0.3, -0.25) is 4.79 Å². The summed E-state index contributed by atoms with van der Waals surface area (Å²) in [6.45, 7) is 3.48. The molecule has 4 nitrogen and oxygen atoms in total. The molecule has 0 radical (unpaired) electrons. The van der Waals surface area contributed by atoms with E-state index in [1.807, 2.05) is 0 Å². The van der Waals surface area contributed by atoms with E-state index in [1.165, 1.54) is 18.0 Å². The minimum atomic E-state index is -0.721. The molecule has 0 aromatic carbocycles. The second-order valence-electron chi connectivity index (χ2n) is 4.26. The van der Waals surface area contributed by atoms with Crippen LogP contribution < -0.4 is 10.1 Å². The normalized spacial score (nSPS) is 12.4. The quantitative estimate of drug-likeness (QED) is 0.669. The van der Waals surface area contributed by atoms with Crippen molar-refractivity contribution in [2.75, 3.05) is 6.26 Å². The molecule has 1 atom stereocenters. The van der Waals surface area contributed by atoms with Gasteiger partial charge in [-0.05, 0) is 26.2 Å². The predicted molar refractivity (Wildman–Crippen MR) is 78.2 cm³/mol. The van der Waals surface area contributed by atoms with Crippen molar-refractivity contribution >= 4 is 29.3 Å². The zero-order valence-electron chi connectivity index (χ0n) is 10.9. The number of carbonyl (C=O) groups excluding carboxylic acids is 1. The molecule has 0 aliphatic rings. The largest absolute Gasteiger partial charge is 0.453 e. The second kappa shape index (κ2) is 6.69. The lowest BCUT2D eigenvalue weighted by molar-refractivity contribution is -0.125. The molecule has 1 rings (SSSR count).